The summed E-state index contributed by atoms with van der Waals surface area (Å²) >= 11 is 0. The van der Waals surface area contributed by atoms with Gasteiger partial charge in [-0.3, -0.25) is 14.5 Å². The van der Waals surface area contributed by atoms with E-state index in [0.29, 0.717) is 0 Å². The van der Waals surface area contributed by atoms with Gasteiger partial charge in [0.1, 0.15) is 11.6 Å². The van der Waals surface area contributed by atoms with Crippen LogP contribution in [0.1, 0.15) is 0 Å². The molecule has 1 aliphatic rings. The molecule has 0 aliphatic carbocycles. The van der Waals surface area contributed by atoms with Gasteiger partial charge in [0.25, 0.3) is 0 Å². The Balaban J connectivity index is 2.28. The second-order valence-corrected chi connectivity index (χ2v) is 4.19. The van der Waals surface area contributed by atoms with Crippen LogP contribution >= 0.6 is 0 Å². The van der Waals surface area contributed by atoms with E-state index in [2.05, 4.69) is 0 Å². The van der Waals surface area contributed by atoms with Crippen LogP contribution in [0, 0.1) is 5.82 Å². The van der Waals surface area contributed by atoms with E-state index in [1.807, 2.05) is 0 Å². The average molecular weight is 267 g/mol. The van der Waals surface area contributed by atoms with Gasteiger partial charge >= 0.3 is 19.1 Å². The van der Waals surface area contributed by atoms with Crippen LogP contribution < -0.4 is 5.46 Å². The Kier molecular flexibility index (Phi) is 3.70. The van der Waals surface area contributed by atoms with E-state index in [4.69, 9.17) is 9.31 Å². The van der Waals surface area contributed by atoms with Crippen molar-refractivity contribution in [2.45, 2.75) is 0 Å². The summed E-state index contributed by atoms with van der Waals surface area (Å²) in [7, 11) is 0.118. The maximum Gasteiger partial charge on any atom is 0.640 e. The fraction of sp³-hybridized carbons (Fsp3) is 0.273. The average Bonchev–Trinajstić information content (AvgIpc) is 2.29. The number of nitrogens with zero attached hydrogens (tertiary/aromatic N) is 1. The molecule has 0 aromatic heterocycles. The van der Waals surface area contributed by atoms with Gasteiger partial charge in [0.2, 0.25) is 0 Å². The molecular weight excluding hydrogens is 256 g/mol. The van der Waals surface area contributed by atoms with Crippen LogP contribution in [-0.2, 0) is 18.9 Å². The Bertz CT molecular complexity index is 504. The third-order valence-corrected chi connectivity index (χ3v) is 2.52. The predicted molar refractivity (Wildman–Crippen MR) is 63.1 cm³/mol. The summed E-state index contributed by atoms with van der Waals surface area (Å²) in [6.45, 7) is -0.191. The van der Waals surface area contributed by atoms with Crippen LogP contribution in [-0.4, -0.2) is 49.2 Å². The van der Waals surface area contributed by atoms with Crippen LogP contribution in [0.5, 0.6) is 5.75 Å². The molecule has 1 aromatic carbocycles. The predicted octanol–water partition coefficient (Wildman–Crippen LogP) is -0.742. The van der Waals surface area contributed by atoms with Crippen LogP contribution in [0.2, 0.25) is 0 Å². The van der Waals surface area contributed by atoms with E-state index < -0.39 is 24.9 Å². The molecule has 100 valence electrons. The van der Waals surface area contributed by atoms with E-state index in [1.54, 1.807) is 7.05 Å². The van der Waals surface area contributed by atoms with E-state index in [9.17, 15) is 19.1 Å². The molecule has 0 bridgehead atoms. The Morgan fingerprint density at radius 2 is 1.84 bits per heavy atom. The second kappa shape index (κ2) is 5.27. The molecule has 1 aliphatic heterocycles. The third-order valence-electron chi connectivity index (χ3n) is 2.52. The number of phenols is 1. The first-order chi connectivity index (χ1) is 8.95. The number of hydrogen-bond acceptors (Lipinski definition) is 6. The van der Waals surface area contributed by atoms with Crippen molar-refractivity contribution in [1.82, 2.24) is 4.90 Å². The number of aromatic hydroxyl groups is 1. The van der Waals surface area contributed by atoms with Crippen LogP contribution in [0.3, 0.4) is 0 Å². The molecule has 6 nitrogen and oxygen atoms in total. The molecule has 1 heterocycles. The summed E-state index contributed by atoms with van der Waals surface area (Å²) in [5.41, 5.74) is -0.105. The number of likely N-dealkylation sites (N-methyl/N-ethyl adjacent to an activating group) is 1. The molecule has 1 fully saturated rings. The number of carbonyl (C=O) groups is 2. The van der Waals surface area contributed by atoms with Gasteiger partial charge in [-0.1, -0.05) is 0 Å². The van der Waals surface area contributed by atoms with Gasteiger partial charge in [-0.05, 0) is 25.2 Å². The van der Waals surface area contributed by atoms with Crippen molar-refractivity contribution in [2.24, 2.45) is 0 Å². The summed E-state index contributed by atoms with van der Waals surface area (Å²) in [4.78, 5) is 24.4. The van der Waals surface area contributed by atoms with E-state index in [-0.39, 0.29) is 24.3 Å². The Morgan fingerprint density at radius 1 is 1.26 bits per heavy atom. The second-order valence-electron chi connectivity index (χ2n) is 4.19. The first kappa shape index (κ1) is 13.3. The van der Waals surface area contributed by atoms with Crippen LogP contribution in [0.25, 0.3) is 0 Å². The minimum Gasteiger partial charge on any atom is -0.508 e. The fourth-order valence-corrected chi connectivity index (χ4v) is 1.68. The van der Waals surface area contributed by atoms with Gasteiger partial charge in [0, 0.05) is 0 Å². The third kappa shape index (κ3) is 3.22. The SMILES string of the molecule is CN1CC(=O)OB(c2cc(F)ccc2O)OC(=O)C1. The number of benzene rings is 1. The molecule has 1 saturated heterocycles. The lowest BCUT2D eigenvalue weighted by atomic mass is 9.77. The van der Waals surface area contributed by atoms with Gasteiger partial charge in [-0.15, -0.1) is 0 Å². The number of phenolic OH excluding ortho intramolecular Hbond substituents is 1. The highest BCUT2D eigenvalue weighted by Crippen LogP contribution is 2.11. The molecule has 19 heavy (non-hydrogen) atoms. The largest absolute Gasteiger partial charge is 0.640 e. The van der Waals surface area contributed by atoms with Crippen molar-refractivity contribution in [3.8, 4) is 5.75 Å². The Labute approximate surface area is 108 Å². The van der Waals surface area contributed by atoms with Crippen molar-refractivity contribution in [2.75, 3.05) is 20.1 Å². The van der Waals surface area contributed by atoms with E-state index in [1.165, 1.54) is 4.90 Å². The van der Waals surface area contributed by atoms with Crippen LogP contribution in [0.15, 0.2) is 18.2 Å². The van der Waals surface area contributed by atoms with E-state index in [0.717, 1.165) is 18.2 Å². The monoisotopic (exact) mass is 267 g/mol. The zero-order chi connectivity index (χ0) is 14.0. The molecule has 0 radical (unpaired) electrons. The van der Waals surface area contributed by atoms with Crippen LogP contribution in [0.4, 0.5) is 4.39 Å². The van der Waals surface area contributed by atoms with Crippen molar-refractivity contribution >= 4 is 24.5 Å². The summed E-state index contributed by atoms with van der Waals surface area (Å²) < 4.78 is 22.9. The molecule has 1 N–H and O–H groups in total. The molecular formula is C11H11BFNO5. The Morgan fingerprint density at radius 3 is 2.42 bits per heavy atom. The van der Waals surface area contributed by atoms with Crippen molar-refractivity contribution in [3.05, 3.63) is 24.0 Å². The van der Waals surface area contributed by atoms with E-state index >= 15 is 0 Å². The Hall–Kier alpha value is -2.09. The molecule has 0 amide bonds. The number of halogens is 1. The molecule has 2 rings (SSSR count). The number of rotatable bonds is 1. The van der Waals surface area contributed by atoms with Gasteiger partial charge in [-0.2, -0.15) is 0 Å². The minimum absolute atomic E-state index is 0.0956. The highest BCUT2D eigenvalue weighted by atomic mass is 19.1. The van der Waals surface area contributed by atoms with Gasteiger partial charge in [0.05, 0.1) is 18.6 Å². The first-order valence-electron chi connectivity index (χ1n) is 5.51. The topological polar surface area (TPSA) is 76.1 Å². The summed E-state index contributed by atoms with van der Waals surface area (Å²) in [5, 5.41) is 9.61. The normalized spacial score (nSPS) is 17.5. The molecule has 0 saturated carbocycles. The molecule has 0 unspecified atom stereocenters. The first-order valence-corrected chi connectivity index (χ1v) is 5.51. The lowest BCUT2D eigenvalue weighted by Gasteiger charge is -2.22. The van der Waals surface area contributed by atoms with Gasteiger partial charge in [0.15, 0.2) is 0 Å². The maximum atomic E-state index is 13.1. The lowest BCUT2D eigenvalue weighted by molar-refractivity contribution is -0.145. The lowest BCUT2D eigenvalue weighted by Crippen LogP contribution is -2.48. The molecule has 0 spiro atoms. The molecule has 1 aromatic rings. The van der Waals surface area contributed by atoms with Crippen molar-refractivity contribution < 1.29 is 28.4 Å². The van der Waals surface area contributed by atoms with Crippen molar-refractivity contribution in [3.63, 3.8) is 0 Å². The zero-order valence-electron chi connectivity index (χ0n) is 10.1. The number of carbonyl (C=O) groups excluding carboxylic acids is 2. The van der Waals surface area contributed by atoms with Gasteiger partial charge in [-0.25, -0.2) is 4.39 Å². The maximum absolute atomic E-state index is 13.1. The highest BCUT2D eigenvalue weighted by molar-refractivity contribution is 6.65. The van der Waals surface area contributed by atoms with Crippen molar-refractivity contribution in [1.29, 1.82) is 0 Å². The quantitative estimate of drug-likeness (QED) is 0.675. The smallest absolute Gasteiger partial charge is 0.508 e. The zero-order valence-corrected chi connectivity index (χ0v) is 10.1. The number of hydrogen-bond donors (Lipinski definition) is 1. The molecule has 8 heteroatoms. The fourth-order valence-electron chi connectivity index (χ4n) is 1.68. The standard InChI is InChI=1S/C11H11BFNO5/c1-14-5-10(16)18-12(19-11(17)6-14)8-4-7(13)2-3-9(8)15/h2-4,15H,5-6H2,1H3. The van der Waals surface area contributed by atoms with Gasteiger partial charge < -0.3 is 14.4 Å². The summed E-state index contributed by atoms with van der Waals surface area (Å²) in [5.74, 6) is -2.23. The highest BCUT2D eigenvalue weighted by Gasteiger charge is 2.36. The molecule has 0 atom stereocenters. The minimum atomic E-state index is -1.44. The summed E-state index contributed by atoms with van der Waals surface area (Å²) in [6, 6.07) is 3.09. The summed E-state index contributed by atoms with van der Waals surface area (Å²) in [6.07, 6.45) is 0.